The number of benzene rings is 1. The molecule has 0 radical (unpaired) electrons. The van der Waals surface area contributed by atoms with E-state index in [0.29, 0.717) is 21.7 Å². The van der Waals surface area contributed by atoms with Gasteiger partial charge in [-0.25, -0.2) is 0 Å². The predicted molar refractivity (Wildman–Crippen MR) is 96.0 cm³/mol. The first-order valence-corrected chi connectivity index (χ1v) is 8.44. The summed E-state index contributed by atoms with van der Waals surface area (Å²) < 4.78 is 5.53. The van der Waals surface area contributed by atoms with Crippen molar-refractivity contribution < 1.29 is 4.74 Å². The highest BCUT2D eigenvalue weighted by atomic mass is 35.5. The number of nitrogens with zero attached hydrogens (tertiary/aromatic N) is 1. The van der Waals surface area contributed by atoms with Crippen molar-refractivity contribution in [1.29, 1.82) is 0 Å². The number of hydrogen-bond acceptors (Lipinski definition) is 3. The normalized spacial score (nSPS) is 18.3. The molecule has 0 aliphatic carbocycles. The van der Waals surface area contributed by atoms with Gasteiger partial charge in [0.25, 0.3) is 0 Å². The van der Waals surface area contributed by atoms with Crippen LogP contribution >= 0.6 is 35.4 Å². The lowest BCUT2D eigenvalue weighted by Crippen LogP contribution is -2.37. The molecule has 1 aromatic carbocycles. The first-order valence-electron chi connectivity index (χ1n) is 7.27. The monoisotopic (exact) mass is 359 g/mol. The highest BCUT2D eigenvalue weighted by molar-refractivity contribution is 7.80. The van der Waals surface area contributed by atoms with Gasteiger partial charge in [-0.05, 0) is 49.2 Å². The molecule has 1 atom stereocenters. The molecule has 0 aromatic heterocycles. The largest absolute Gasteiger partial charge is 0.376 e. The van der Waals surface area contributed by atoms with Crippen LogP contribution in [-0.2, 0) is 4.74 Å². The van der Waals surface area contributed by atoms with E-state index in [1.54, 1.807) is 12.1 Å². The first kappa shape index (κ1) is 17.5. The summed E-state index contributed by atoms with van der Waals surface area (Å²) in [5.74, 6) is 0. The van der Waals surface area contributed by atoms with Gasteiger partial charge in [0.05, 0.1) is 21.9 Å². The molecule has 1 aromatic rings. The summed E-state index contributed by atoms with van der Waals surface area (Å²) in [5.41, 5.74) is 4.65. The molecule has 22 heavy (non-hydrogen) atoms. The Morgan fingerprint density at radius 3 is 2.86 bits per heavy atom. The Labute approximate surface area is 146 Å². The fraction of sp³-hybridized carbons (Fsp3) is 0.467. The van der Waals surface area contributed by atoms with Gasteiger partial charge in [-0.15, -0.1) is 0 Å². The van der Waals surface area contributed by atoms with E-state index in [1.807, 2.05) is 13.0 Å². The minimum Gasteiger partial charge on any atom is -0.376 e. The third-order valence-corrected chi connectivity index (χ3v) is 4.37. The van der Waals surface area contributed by atoms with Gasteiger partial charge in [-0.2, -0.15) is 5.10 Å². The minimum atomic E-state index is 0.240. The van der Waals surface area contributed by atoms with Crippen LogP contribution in [0.25, 0.3) is 0 Å². The van der Waals surface area contributed by atoms with E-state index in [1.165, 1.54) is 0 Å². The summed E-state index contributed by atoms with van der Waals surface area (Å²) in [6.07, 6.45) is 3.17. The third kappa shape index (κ3) is 5.09. The number of halogens is 2. The Balaban J connectivity index is 1.90. The van der Waals surface area contributed by atoms with Crippen molar-refractivity contribution in [2.24, 2.45) is 5.10 Å². The summed E-state index contributed by atoms with van der Waals surface area (Å²) in [4.78, 5) is 0. The number of rotatable bonds is 5. The van der Waals surface area contributed by atoms with Crippen LogP contribution in [0.15, 0.2) is 23.3 Å². The molecular formula is C15H19Cl2N3OS. The molecule has 0 saturated carbocycles. The SMILES string of the molecule is CC/C(=N/NC(=S)NC[C@H]1CCCO1)c1ccc(Cl)c(Cl)c1. The Morgan fingerprint density at radius 2 is 2.23 bits per heavy atom. The van der Waals surface area contributed by atoms with Crippen molar-refractivity contribution in [3.8, 4) is 0 Å². The summed E-state index contributed by atoms with van der Waals surface area (Å²) in [5, 5.41) is 9.00. The van der Waals surface area contributed by atoms with Gasteiger partial charge in [0, 0.05) is 13.2 Å². The fourth-order valence-electron chi connectivity index (χ4n) is 2.19. The molecule has 0 bridgehead atoms. The Kier molecular flexibility index (Phi) is 6.89. The molecule has 1 fully saturated rings. The second-order valence-electron chi connectivity index (χ2n) is 5.00. The second-order valence-corrected chi connectivity index (χ2v) is 6.22. The maximum atomic E-state index is 6.04. The molecular weight excluding hydrogens is 341 g/mol. The quantitative estimate of drug-likeness (QED) is 0.477. The molecule has 1 aliphatic rings. The summed E-state index contributed by atoms with van der Waals surface area (Å²) in [6, 6.07) is 5.45. The number of hydrogen-bond donors (Lipinski definition) is 2. The molecule has 1 saturated heterocycles. The van der Waals surface area contributed by atoms with Gasteiger partial charge in [-0.1, -0.05) is 36.2 Å². The highest BCUT2D eigenvalue weighted by Gasteiger charge is 2.15. The van der Waals surface area contributed by atoms with E-state index >= 15 is 0 Å². The lowest BCUT2D eigenvalue weighted by molar-refractivity contribution is 0.114. The Morgan fingerprint density at radius 1 is 1.41 bits per heavy atom. The van der Waals surface area contributed by atoms with Crippen LogP contribution in [0.4, 0.5) is 0 Å². The fourth-order valence-corrected chi connectivity index (χ4v) is 2.62. The van der Waals surface area contributed by atoms with Crippen LogP contribution < -0.4 is 10.7 Å². The Bertz CT molecular complexity index is 560. The zero-order valence-corrected chi connectivity index (χ0v) is 14.7. The molecule has 1 aliphatic heterocycles. The topological polar surface area (TPSA) is 45.7 Å². The van der Waals surface area contributed by atoms with Crippen LogP contribution in [-0.4, -0.2) is 30.1 Å². The summed E-state index contributed by atoms with van der Waals surface area (Å²) in [6.45, 7) is 3.56. The predicted octanol–water partition coefficient (Wildman–Crippen LogP) is 3.75. The maximum Gasteiger partial charge on any atom is 0.187 e. The van der Waals surface area contributed by atoms with Crippen molar-refractivity contribution in [3.05, 3.63) is 33.8 Å². The maximum absolute atomic E-state index is 6.04. The Hall–Kier alpha value is -0.880. The van der Waals surface area contributed by atoms with E-state index in [9.17, 15) is 0 Å². The van der Waals surface area contributed by atoms with Gasteiger partial charge in [-0.3, -0.25) is 5.43 Å². The van der Waals surface area contributed by atoms with E-state index in [4.69, 9.17) is 40.2 Å². The van der Waals surface area contributed by atoms with Gasteiger partial charge < -0.3 is 10.1 Å². The zero-order valence-electron chi connectivity index (χ0n) is 12.4. The van der Waals surface area contributed by atoms with E-state index in [-0.39, 0.29) is 6.10 Å². The van der Waals surface area contributed by atoms with Crippen molar-refractivity contribution >= 4 is 46.2 Å². The summed E-state index contributed by atoms with van der Waals surface area (Å²) in [7, 11) is 0. The average Bonchev–Trinajstić information content (AvgIpc) is 3.02. The van der Waals surface area contributed by atoms with Crippen molar-refractivity contribution in [2.75, 3.05) is 13.2 Å². The van der Waals surface area contributed by atoms with Crippen LogP contribution in [0.5, 0.6) is 0 Å². The highest BCUT2D eigenvalue weighted by Crippen LogP contribution is 2.23. The molecule has 2 N–H and O–H groups in total. The van der Waals surface area contributed by atoms with Crippen molar-refractivity contribution in [3.63, 3.8) is 0 Å². The van der Waals surface area contributed by atoms with E-state index in [2.05, 4.69) is 15.8 Å². The second kappa shape index (κ2) is 8.67. The summed E-state index contributed by atoms with van der Waals surface area (Å²) >= 11 is 17.2. The van der Waals surface area contributed by atoms with Crippen molar-refractivity contribution in [2.45, 2.75) is 32.3 Å². The van der Waals surface area contributed by atoms with Gasteiger partial charge in [0.15, 0.2) is 5.11 Å². The van der Waals surface area contributed by atoms with E-state index in [0.717, 1.165) is 37.1 Å². The standard InChI is InChI=1S/C15H19Cl2N3OS/c1-2-14(10-5-6-12(16)13(17)8-10)19-20-15(22)18-9-11-4-3-7-21-11/h5-6,8,11H,2-4,7,9H2,1H3,(H2,18,20,22)/b19-14-/t11-/m1/s1. The third-order valence-electron chi connectivity index (χ3n) is 3.39. The minimum absolute atomic E-state index is 0.240. The molecule has 2 rings (SSSR count). The molecule has 0 amide bonds. The van der Waals surface area contributed by atoms with Crippen molar-refractivity contribution in [1.82, 2.24) is 10.7 Å². The molecule has 7 heteroatoms. The molecule has 0 unspecified atom stereocenters. The number of ether oxygens (including phenoxy) is 1. The van der Waals surface area contributed by atoms with E-state index < -0.39 is 0 Å². The smallest absolute Gasteiger partial charge is 0.187 e. The van der Waals surface area contributed by atoms with Crippen LogP contribution in [0, 0.1) is 0 Å². The molecule has 0 spiro atoms. The average molecular weight is 360 g/mol. The van der Waals surface area contributed by atoms with Gasteiger partial charge >= 0.3 is 0 Å². The number of thiocarbonyl (C=S) groups is 1. The lowest BCUT2D eigenvalue weighted by Gasteiger charge is -2.13. The molecule has 120 valence electrons. The van der Waals surface area contributed by atoms with Crippen LogP contribution in [0.1, 0.15) is 31.7 Å². The zero-order chi connectivity index (χ0) is 15.9. The van der Waals surface area contributed by atoms with Crippen LogP contribution in [0.3, 0.4) is 0 Å². The first-order chi connectivity index (χ1) is 10.6. The van der Waals surface area contributed by atoms with Crippen LogP contribution in [0.2, 0.25) is 10.0 Å². The van der Waals surface area contributed by atoms with Gasteiger partial charge in [0.2, 0.25) is 0 Å². The molecule has 4 nitrogen and oxygen atoms in total. The number of hydrazone groups is 1. The lowest BCUT2D eigenvalue weighted by atomic mass is 10.1. The van der Waals surface area contributed by atoms with Gasteiger partial charge in [0.1, 0.15) is 0 Å². The molecule has 1 heterocycles. The number of nitrogens with one attached hydrogen (secondary N) is 2.